The average Bonchev–Trinajstić information content (AvgIpc) is 2.67. The van der Waals surface area contributed by atoms with Crippen LogP contribution in [-0.2, 0) is 0 Å². The van der Waals surface area contributed by atoms with E-state index in [-0.39, 0.29) is 11.8 Å². The first-order chi connectivity index (χ1) is 11.7. The minimum atomic E-state index is -0.119. The number of ether oxygens (including phenoxy) is 1. The van der Waals surface area contributed by atoms with E-state index in [9.17, 15) is 9.59 Å². The monoisotopic (exact) mass is 325 g/mol. The quantitative estimate of drug-likeness (QED) is 0.861. The Morgan fingerprint density at radius 1 is 0.917 bits per heavy atom. The van der Waals surface area contributed by atoms with Gasteiger partial charge in [0.05, 0.1) is 7.11 Å². The van der Waals surface area contributed by atoms with Gasteiger partial charge >= 0.3 is 0 Å². The molecule has 0 unspecified atom stereocenters. The summed E-state index contributed by atoms with van der Waals surface area (Å²) in [6.45, 7) is 2.02. The normalized spacial score (nSPS) is 14.4. The zero-order valence-electron chi connectivity index (χ0n) is 13.5. The van der Waals surface area contributed by atoms with Crippen LogP contribution in [0.25, 0.3) is 0 Å². The molecule has 2 amide bonds. The molecule has 1 aliphatic rings. The Hall–Kier alpha value is -2.89. The van der Waals surface area contributed by atoms with Crippen molar-refractivity contribution in [2.24, 2.45) is 0 Å². The van der Waals surface area contributed by atoms with Gasteiger partial charge in [-0.05, 0) is 24.3 Å². The Morgan fingerprint density at radius 2 is 1.54 bits per heavy atom. The van der Waals surface area contributed by atoms with Crippen LogP contribution in [-0.4, -0.2) is 59.9 Å². The second-order valence-corrected chi connectivity index (χ2v) is 5.51. The highest BCUT2D eigenvalue weighted by atomic mass is 16.5. The summed E-state index contributed by atoms with van der Waals surface area (Å²) < 4.78 is 5.15. The Morgan fingerprint density at radius 3 is 2.17 bits per heavy atom. The minimum Gasteiger partial charge on any atom is -0.480 e. The van der Waals surface area contributed by atoms with Crippen molar-refractivity contribution in [3.05, 3.63) is 59.8 Å². The first-order valence-electron chi connectivity index (χ1n) is 7.83. The van der Waals surface area contributed by atoms with Crippen molar-refractivity contribution in [2.75, 3.05) is 33.3 Å². The number of carbonyl (C=O) groups is 2. The van der Waals surface area contributed by atoms with Gasteiger partial charge < -0.3 is 14.5 Å². The second kappa shape index (κ2) is 7.12. The summed E-state index contributed by atoms with van der Waals surface area (Å²) in [7, 11) is 1.50. The van der Waals surface area contributed by atoms with E-state index in [0.29, 0.717) is 43.2 Å². The molecule has 0 radical (unpaired) electrons. The molecule has 6 heteroatoms. The number of pyridine rings is 1. The first-order valence-corrected chi connectivity index (χ1v) is 7.83. The molecule has 1 aromatic heterocycles. The molecule has 1 aromatic carbocycles. The van der Waals surface area contributed by atoms with Gasteiger partial charge in [-0.15, -0.1) is 0 Å². The van der Waals surface area contributed by atoms with Crippen LogP contribution in [0.1, 0.15) is 20.7 Å². The van der Waals surface area contributed by atoms with Crippen LogP contribution < -0.4 is 4.74 Å². The molecule has 0 aliphatic carbocycles. The standard InChI is InChI=1S/C18H19N3O3/c1-24-16-15(8-5-9-19-16)18(23)21-12-10-20(11-13-21)17(22)14-6-3-2-4-7-14/h2-9H,10-13H2,1H3. The van der Waals surface area contributed by atoms with Crippen LogP contribution in [0, 0.1) is 0 Å². The van der Waals surface area contributed by atoms with Crippen LogP contribution in [0.5, 0.6) is 5.88 Å². The third kappa shape index (κ3) is 3.22. The summed E-state index contributed by atoms with van der Waals surface area (Å²) in [4.78, 5) is 32.6. The van der Waals surface area contributed by atoms with E-state index in [1.807, 2.05) is 18.2 Å². The van der Waals surface area contributed by atoms with Gasteiger partial charge in [-0.25, -0.2) is 4.98 Å². The number of hydrogen-bond donors (Lipinski definition) is 0. The van der Waals surface area contributed by atoms with Gasteiger partial charge in [-0.3, -0.25) is 9.59 Å². The van der Waals surface area contributed by atoms with E-state index in [1.165, 1.54) is 7.11 Å². The van der Waals surface area contributed by atoms with Crippen molar-refractivity contribution >= 4 is 11.8 Å². The number of hydrogen-bond acceptors (Lipinski definition) is 4. The van der Waals surface area contributed by atoms with E-state index >= 15 is 0 Å². The van der Waals surface area contributed by atoms with Gasteiger partial charge in [-0.2, -0.15) is 0 Å². The average molecular weight is 325 g/mol. The highest BCUT2D eigenvalue weighted by molar-refractivity contribution is 5.97. The lowest BCUT2D eigenvalue weighted by Gasteiger charge is -2.35. The minimum absolute atomic E-state index is 0.00153. The van der Waals surface area contributed by atoms with Gasteiger partial charge in [0.1, 0.15) is 5.56 Å². The molecule has 0 spiro atoms. The zero-order chi connectivity index (χ0) is 16.9. The maximum atomic E-state index is 12.6. The van der Waals surface area contributed by atoms with Crippen LogP contribution in [0.15, 0.2) is 48.7 Å². The fourth-order valence-electron chi connectivity index (χ4n) is 2.76. The summed E-state index contributed by atoms with van der Waals surface area (Å²) in [5.41, 5.74) is 1.12. The highest BCUT2D eigenvalue weighted by Gasteiger charge is 2.27. The molecule has 24 heavy (non-hydrogen) atoms. The zero-order valence-corrected chi connectivity index (χ0v) is 13.5. The largest absolute Gasteiger partial charge is 0.480 e. The summed E-state index contributed by atoms with van der Waals surface area (Å²) >= 11 is 0. The maximum absolute atomic E-state index is 12.6. The molecular formula is C18H19N3O3. The lowest BCUT2D eigenvalue weighted by Crippen LogP contribution is -2.50. The summed E-state index contributed by atoms with van der Waals surface area (Å²) in [5.74, 6) is 0.207. The predicted octanol–water partition coefficient (Wildman–Crippen LogP) is 1.69. The van der Waals surface area contributed by atoms with Crippen LogP contribution in [0.3, 0.4) is 0 Å². The number of benzene rings is 1. The molecule has 0 saturated carbocycles. The Balaban J connectivity index is 1.65. The number of amides is 2. The number of aromatic nitrogens is 1. The highest BCUT2D eigenvalue weighted by Crippen LogP contribution is 2.18. The van der Waals surface area contributed by atoms with Crippen LogP contribution in [0.4, 0.5) is 0 Å². The third-order valence-corrected chi connectivity index (χ3v) is 4.07. The van der Waals surface area contributed by atoms with Crippen molar-refractivity contribution in [3.63, 3.8) is 0 Å². The van der Waals surface area contributed by atoms with Crippen molar-refractivity contribution in [1.29, 1.82) is 0 Å². The molecule has 0 bridgehead atoms. The van der Waals surface area contributed by atoms with E-state index in [1.54, 1.807) is 40.3 Å². The lowest BCUT2D eigenvalue weighted by molar-refractivity contribution is 0.0533. The maximum Gasteiger partial charge on any atom is 0.259 e. The molecule has 1 fully saturated rings. The summed E-state index contributed by atoms with van der Waals surface area (Å²) in [6, 6.07) is 12.6. The second-order valence-electron chi connectivity index (χ2n) is 5.51. The topological polar surface area (TPSA) is 62.7 Å². The first kappa shape index (κ1) is 16.0. The SMILES string of the molecule is COc1ncccc1C(=O)N1CCN(C(=O)c2ccccc2)CC1. The fraction of sp³-hybridized carbons (Fsp3) is 0.278. The predicted molar refractivity (Wildman–Crippen MR) is 89.0 cm³/mol. The third-order valence-electron chi connectivity index (χ3n) is 4.07. The molecule has 6 nitrogen and oxygen atoms in total. The van der Waals surface area contributed by atoms with Gasteiger partial charge in [0, 0.05) is 37.9 Å². The number of rotatable bonds is 3. The van der Waals surface area contributed by atoms with E-state index < -0.39 is 0 Å². The number of methoxy groups -OCH3 is 1. The van der Waals surface area contributed by atoms with Gasteiger partial charge in [0.15, 0.2) is 0 Å². The molecule has 0 N–H and O–H groups in total. The number of nitrogens with zero attached hydrogens (tertiary/aromatic N) is 3. The van der Waals surface area contributed by atoms with E-state index in [2.05, 4.69) is 4.98 Å². The van der Waals surface area contributed by atoms with Crippen LogP contribution >= 0.6 is 0 Å². The van der Waals surface area contributed by atoms with E-state index in [0.717, 1.165) is 0 Å². The van der Waals surface area contributed by atoms with Gasteiger partial charge in [0.25, 0.3) is 11.8 Å². The summed E-state index contributed by atoms with van der Waals surface area (Å²) in [5, 5.41) is 0. The molecule has 2 heterocycles. The molecule has 2 aromatic rings. The molecule has 0 atom stereocenters. The van der Waals surface area contributed by atoms with Gasteiger partial charge in [0.2, 0.25) is 5.88 Å². The smallest absolute Gasteiger partial charge is 0.259 e. The molecule has 1 saturated heterocycles. The number of piperazine rings is 1. The lowest BCUT2D eigenvalue weighted by atomic mass is 10.1. The Labute approximate surface area is 140 Å². The molecular weight excluding hydrogens is 306 g/mol. The molecule has 124 valence electrons. The van der Waals surface area contributed by atoms with Crippen molar-refractivity contribution in [1.82, 2.24) is 14.8 Å². The van der Waals surface area contributed by atoms with E-state index in [4.69, 9.17) is 4.74 Å². The Kier molecular flexibility index (Phi) is 4.74. The van der Waals surface area contributed by atoms with Crippen molar-refractivity contribution in [2.45, 2.75) is 0 Å². The number of carbonyl (C=O) groups excluding carboxylic acids is 2. The molecule has 3 rings (SSSR count). The van der Waals surface area contributed by atoms with Gasteiger partial charge in [-0.1, -0.05) is 18.2 Å². The molecule has 1 aliphatic heterocycles. The fourth-order valence-corrected chi connectivity index (χ4v) is 2.76. The van der Waals surface area contributed by atoms with Crippen molar-refractivity contribution in [3.8, 4) is 5.88 Å². The summed E-state index contributed by atoms with van der Waals surface area (Å²) in [6.07, 6.45) is 1.59. The van der Waals surface area contributed by atoms with Crippen molar-refractivity contribution < 1.29 is 14.3 Å². The Bertz CT molecular complexity index is 725. The van der Waals surface area contributed by atoms with Crippen LogP contribution in [0.2, 0.25) is 0 Å².